The van der Waals surface area contributed by atoms with E-state index in [4.69, 9.17) is 9.47 Å². The number of aromatic nitrogens is 2. The minimum atomic E-state index is -0.728. The molecule has 0 aromatic carbocycles. The first-order valence-corrected chi connectivity index (χ1v) is 6.41. The Morgan fingerprint density at radius 3 is 2.79 bits per heavy atom. The first kappa shape index (κ1) is 15.5. The quantitative estimate of drug-likeness (QED) is 0.758. The number of methoxy groups -OCH3 is 1. The maximum Gasteiger partial charge on any atom is 0.326 e. The van der Waals surface area contributed by atoms with Crippen LogP contribution in [0.3, 0.4) is 0 Å². The molecule has 0 aliphatic heterocycles. The highest BCUT2D eigenvalue weighted by molar-refractivity contribution is 5.80. The summed E-state index contributed by atoms with van der Waals surface area (Å²) in [5.74, 6) is 0.456. The maximum atomic E-state index is 12.0. The average Bonchev–Trinajstić information content (AvgIpc) is 2.87. The SMILES string of the molecule is CCOC(=O)C(C)(CC(C)n1cc(OC)cn1)NC. The van der Waals surface area contributed by atoms with Gasteiger partial charge in [-0.25, -0.2) is 0 Å². The summed E-state index contributed by atoms with van der Waals surface area (Å²) in [5, 5.41) is 7.26. The minimum absolute atomic E-state index is 0.0470. The van der Waals surface area contributed by atoms with Crippen molar-refractivity contribution in [2.24, 2.45) is 0 Å². The number of nitrogens with one attached hydrogen (secondary N) is 1. The first-order chi connectivity index (χ1) is 8.96. The van der Waals surface area contributed by atoms with Crippen molar-refractivity contribution < 1.29 is 14.3 Å². The molecule has 0 aliphatic rings. The lowest BCUT2D eigenvalue weighted by molar-refractivity contribution is -0.151. The van der Waals surface area contributed by atoms with Crippen LogP contribution >= 0.6 is 0 Å². The molecule has 19 heavy (non-hydrogen) atoms. The number of carbonyl (C=O) groups excluding carboxylic acids is 1. The monoisotopic (exact) mass is 269 g/mol. The third-order valence-corrected chi connectivity index (χ3v) is 3.25. The third kappa shape index (κ3) is 3.70. The molecule has 2 atom stereocenters. The van der Waals surface area contributed by atoms with Crippen molar-refractivity contribution in [3.05, 3.63) is 12.4 Å². The molecule has 0 saturated carbocycles. The summed E-state index contributed by atoms with van der Waals surface area (Å²) >= 11 is 0. The predicted molar refractivity (Wildman–Crippen MR) is 72.2 cm³/mol. The fourth-order valence-corrected chi connectivity index (χ4v) is 1.93. The van der Waals surface area contributed by atoms with Crippen LogP contribution in [-0.4, -0.2) is 42.1 Å². The van der Waals surface area contributed by atoms with Gasteiger partial charge in [-0.3, -0.25) is 9.48 Å². The Morgan fingerprint density at radius 1 is 1.63 bits per heavy atom. The molecule has 1 rings (SSSR count). The number of carbonyl (C=O) groups is 1. The van der Waals surface area contributed by atoms with Crippen molar-refractivity contribution in [1.82, 2.24) is 15.1 Å². The van der Waals surface area contributed by atoms with Crippen molar-refractivity contribution in [3.63, 3.8) is 0 Å². The van der Waals surface area contributed by atoms with Gasteiger partial charge in [-0.15, -0.1) is 0 Å². The van der Waals surface area contributed by atoms with Crippen LogP contribution in [0.25, 0.3) is 0 Å². The molecule has 0 radical (unpaired) electrons. The Bertz CT molecular complexity index is 419. The normalized spacial score (nSPS) is 15.6. The van der Waals surface area contributed by atoms with Gasteiger partial charge < -0.3 is 14.8 Å². The fraction of sp³-hybridized carbons (Fsp3) is 0.692. The van der Waals surface area contributed by atoms with Gasteiger partial charge in [0.1, 0.15) is 5.54 Å². The number of likely N-dealkylation sites (N-methyl/N-ethyl adjacent to an activating group) is 1. The Balaban J connectivity index is 2.76. The van der Waals surface area contributed by atoms with Gasteiger partial charge in [0, 0.05) is 0 Å². The van der Waals surface area contributed by atoms with Crippen LogP contribution in [0.15, 0.2) is 12.4 Å². The van der Waals surface area contributed by atoms with Gasteiger partial charge in [-0.05, 0) is 34.2 Å². The van der Waals surface area contributed by atoms with Crippen LogP contribution < -0.4 is 10.1 Å². The Morgan fingerprint density at radius 2 is 2.32 bits per heavy atom. The van der Waals surface area contributed by atoms with E-state index in [0.717, 1.165) is 0 Å². The smallest absolute Gasteiger partial charge is 0.326 e. The van der Waals surface area contributed by atoms with Gasteiger partial charge in [-0.2, -0.15) is 5.10 Å². The highest BCUT2D eigenvalue weighted by atomic mass is 16.5. The molecule has 1 aromatic heterocycles. The molecule has 0 bridgehead atoms. The molecule has 6 nitrogen and oxygen atoms in total. The maximum absolute atomic E-state index is 12.0. The molecule has 1 heterocycles. The van der Waals surface area contributed by atoms with Crippen LogP contribution in [0.2, 0.25) is 0 Å². The van der Waals surface area contributed by atoms with Gasteiger partial charge >= 0.3 is 5.97 Å². The van der Waals surface area contributed by atoms with Crippen molar-refractivity contribution in [2.45, 2.75) is 38.8 Å². The Hall–Kier alpha value is -1.56. The topological polar surface area (TPSA) is 65.4 Å². The van der Waals surface area contributed by atoms with E-state index in [1.54, 1.807) is 32.0 Å². The molecule has 6 heteroatoms. The van der Waals surface area contributed by atoms with Crippen molar-refractivity contribution >= 4 is 5.97 Å². The lowest BCUT2D eigenvalue weighted by atomic mass is 9.94. The van der Waals surface area contributed by atoms with Crippen molar-refractivity contribution in [1.29, 1.82) is 0 Å². The van der Waals surface area contributed by atoms with Gasteiger partial charge in [0.05, 0.1) is 32.2 Å². The molecule has 0 fully saturated rings. The van der Waals surface area contributed by atoms with E-state index < -0.39 is 5.54 Å². The lowest BCUT2D eigenvalue weighted by Gasteiger charge is -2.29. The molecule has 0 amide bonds. The third-order valence-electron chi connectivity index (χ3n) is 3.25. The van der Waals surface area contributed by atoms with E-state index in [9.17, 15) is 4.79 Å². The minimum Gasteiger partial charge on any atom is -0.493 e. The number of rotatable bonds is 7. The summed E-state index contributed by atoms with van der Waals surface area (Å²) in [7, 11) is 3.36. The summed E-state index contributed by atoms with van der Waals surface area (Å²) in [6, 6.07) is 0.0470. The molecule has 0 aliphatic carbocycles. The van der Waals surface area contributed by atoms with Crippen LogP contribution in [-0.2, 0) is 9.53 Å². The molecule has 108 valence electrons. The van der Waals surface area contributed by atoms with E-state index in [2.05, 4.69) is 10.4 Å². The fourth-order valence-electron chi connectivity index (χ4n) is 1.93. The zero-order valence-electron chi connectivity index (χ0n) is 12.3. The van der Waals surface area contributed by atoms with Gasteiger partial charge in [0.25, 0.3) is 0 Å². The Kier molecular flexibility index (Phi) is 5.35. The van der Waals surface area contributed by atoms with Crippen LogP contribution in [0.5, 0.6) is 5.75 Å². The lowest BCUT2D eigenvalue weighted by Crippen LogP contribution is -2.50. The second-order valence-corrected chi connectivity index (χ2v) is 4.72. The molecular weight excluding hydrogens is 246 g/mol. The zero-order valence-corrected chi connectivity index (χ0v) is 12.3. The number of nitrogens with zero attached hydrogens (tertiary/aromatic N) is 2. The zero-order chi connectivity index (χ0) is 14.5. The molecule has 0 saturated heterocycles. The number of esters is 1. The first-order valence-electron chi connectivity index (χ1n) is 6.41. The highest BCUT2D eigenvalue weighted by Crippen LogP contribution is 2.23. The average molecular weight is 269 g/mol. The second kappa shape index (κ2) is 6.56. The van der Waals surface area contributed by atoms with Crippen molar-refractivity contribution in [3.8, 4) is 5.75 Å². The van der Waals surface area contributed by atoms with E-state index >= 15 is 0 Å². The van der Waals surface area contributed by atoms with E-state index in [1.807, 2.05) is 20.0 Å². The number of hydrogen-bond acceptors (Lipinski definition) is 5. The standard InChI is InChI=1S/C13H23N3O3/c1-6-19-12(17)13(3,14-4)7-10(2)16-9-11(18-5)8-15-16/h8-10,14H,6-7H2,1-5H3. The van der Waals surface area contributed by atoms with Crippen LogP contribution in [0.4, 0.5) is 0 Å². The summed E-state index contributed by atoms with van der Waals surface area (Å²) in [6.45, 7) is 6.01. The van der Waals surface area contributed by atoms with E-state index in [0.29, 0.717) is 18.8 Å². The molecule has 1 aromatic rings. The van der Waals surface area contributed by atoms with Crippen LogP contribution in [0, 0.1) is 0 Å². The predicted octanol–water partition coefficient (Wildman–Crippen LogP) is 1.38. The highest BCUT2D eigenvalue weighted by Gasteiger charge is 2.35. The Labute approximate surface area is 114 Å². The van der Waals surface area contributed by atoms with Gasteiger partial charge in [0.15, 0.2) is 5.75 Å². The summed E-state index contributed by atoms with van der Waals surface area (Å²) < 4.78 is 12.0. The van der Waals surface area contributed by atoms with Crippen molar-refractivity contribution in [2.75, 3.05) is 20.8 Å². The van der Waals surface area contributed by atoms with Gasteiger partial charge in [-0.1, -0.05) is 0 Å². The summed E-state index contributed by atoms with van der Waals surface area (Å²) in [4.78, 5) is 12.0. The number of ether oxygens (including phenoxy) is 2. The van der Waals surface area contributed by atoms with Gasteiger partial charge in [0.2, 0.25) is 0 Å². The summed E-state index contributed by atoms with van der Waals surface area (Å²) in [5.41, 5.74) is -0.728. The molecule has 0 spiro atoms. The number of hydrogen-bond donors (Lipinski definition) is 1. The summed E-state index contributed by atoms with van der Waals surface area (Å²) in [6.07, 6.45) is 4.04. The second-order valence-electron chi connectivity index (χ2n) is 4.72. The van der Waals surface area contributed by atoms with Crippen LogP contribution in [0.1, 0.15) is 33.2 Å². The largest absolute Gasteiger partial charge is 0.493 e. The molecule has 1 N–H and O–H groups in total. The van der Waals surface area contributed by atoms with E-state index in [-0.39, 0.29) is 12.0 Å². The van der Waals surface area contributed by atoms with E-state index in [1.165, 1.54) is 0 Å². The molecular formula is C13H23N3O3. The molecule has 2 unspecified atom stereocenters.